The molecular formula is C19H30IN5O2S. The molecule has 0 aliphatic carbocycles. The lowest BCUT2D eigenvalue weighted by molar-refractivity contribution is 0.299. The third-order valence-corrected chi connectivity index (χ3v) is 6.54. The van der Waals surface area contributed by atoms with Gasteiger partial charge in [0.2, 0.25) is 0 Å². The van der Waals surface area contributed by atoms with Gasteiger partial charge in [-0.25, -0.2) is 8.42 Å². The van der Waals surface area contributed by atoms with E-state index in [2.05, 4.69) is 61.6 Å². The molecule has 1 aromatic heterocycles. The normalized spacial score (nSPS) is 17.2. The quantitative estimate of drug-likeness (QED) is 0.251. The van der Waals surface area contributed by atoms with E-state index >= 15 is 0 Å². The van der Waals surface area contributed by atoms with Crippen LogP contribution in [0.3, 0.4) is 0 Å². The molecule has 1 saturated heterocycles. The number of sulfone groups is 1. The molecular weight excluding hydrogens is 489 g/mol. The van der Waals surface area contributed by atoms with E-state index in [-0.39, 0.29) is 35.5 Å². The number of nitrogens with zero attached hydrogens (tertiary/aromatic N) is 3. The van der Waals surface area contributed by atoms with E-state index in [1.54, 1.807) is 7.05 Å². The smallest absolute Gasteiger partial charge is 0.191 e. The highest BCUT2D eigenvalue weighted by molar-refractivity contribution is 14.0. The van der Waals surface area contributed by atoms with Gasteiger partial charge in [-0.15, -0.1) is 24.0 Å². The van der Waals surface area contributed by atoms with Gasteiger partial charge in [-0.1, -0.05) is 18.2 Å². The maximum Gasteiger partial charge on any atom is 0.191 e. The zero-order valence-electron chi connectivity index (χ0n) is 16.3. The Hall–Kier alpha value is -1.33. The molecule has 28 heavy (non-hydrogen) atoms. The number of para-hydroxylation sites is 1. The molecule has 0 spiro atoms. The minimum Gasteiger partial charge on any atom is -0.356 e. The van der Waals surface area contributed by atoms with Crippen LogP contribution in [0.25, 0.3) is 10.9 Å². The van der Waals surface area contributed by atoms with E-state index in [4.69, 9.17) is 0 Å². The number of fused-ring (bicyclic) bond motifs is 1. The van der Waals surface area contributed by atoms with Crippen molar-refractivity contribution in [2.24, 2.45) is 4.99 Å². The average Bonchev–Trinajstić information content (AvgIpc) is 3.08. The van der Waals surface area contributed by atoms with Crippen molar-refractivity contribution in [2.45, 2.75) is 13.0 Å². The molecule has 7 nitrogen and oxygen atoms in total. The number of nitrogens with one attached hydrogen (secondary N) is 2. The van der Waals surface area contributed by atoms with E-state index in [1.165, 1.54) is 10.9 Å². The Labute approximate surface area is 184 Å². The molecule has 156 valence electrons. The monoisotopic (exact) mass is 519 g/mol. The molecule has 3 rings (SSSR count). The Morgan fingerprint density at radius 2 is 1.79 bits per heavy atom. The highest BCUT2D eigenvalue weighted by atomic mass is 127. The molecule has 0 bridgehead atoms. The van der Waals surface area contributed by atoms with Crippen molar-refractivity contribution < 1.29 is 8.42 Å². The molecule has 1 fully saturated rings. The lowest BCUT2D eigenvalue weighted by atomic mass is 10.2. The van der Waals surface area contributed by atoms with E-state index in [0.717, 1.165) is 38.6 Å². The number of rotatable bonds is 7. The molecule has 1 aliphatic rings. The average molecular weight is 519 g/mol. The van der Waals surface area contributed by atoms with Crippen LogP contribution in [0.4, 0.5) is 0 Å². The van der Waals surface area contributed by atoms with Gasteiger partial charge in [-0.05, 0) is 23.9 Å². The van der Waals surface area contributed by atoms with E-state index < -0.39 is 9.84 Å². The highest BCUT2D eigenvalue weighted by Crippen LogP contribution is 2.15. The molecule has 0 atom stereocenters. The van der Waals surface area contributed by atoms with Crippen LogP contribution in [0, 0.1) is 0 Å². The summed E-state index contributed by atoms with van der Waals surface area (Å²) < 4.78 is 25.2. The van der Waals surface area contributed by atoms with Crippen LogP contribution in [0.2, 0.25) is 0 Å². The van der Waals surface area contributed by atoms with Crippen LogP contribution < -0.4 is 10.6 Å². The van der Waals surface area contributed by atoms with Crippen LogP contribution in [0.15, 0.2) is 41.5 Å². The number of halogens is 1. The number of hydrogen-bond acceptors (Lipinski definition) is 4. The second-order valence-electron chi connectivity index (χ2n) is 6.84. The lowest BCUT2D eigenvalue weighted by Gasteiger charge is -2.26. The summed E-state index contributed by atoms with van der Waals surface area (Å²) in [6.07, 6.45) is 3.14. The molecule has 2 aromatic rings. The number of hydrogen-bond donors (Lipinski definition) is 2. The Morgan fingerprint density at radius 1 is 1.07 bits per heavy atom. The van der Waals surface area contributed by atoms with Crippen molar-refractivity contribution in [3.05, 3.63) is 36.5 Å². The first-order chi connectivity index (χ1) is 13.1. The van der Waals surface area contributed by atoms with Gasteiger partial charge >= 0.3 is 0 Å². The van der Waals surface area contributed by atoms with E-state index in [1.807, 2.05) is 0 Å². The van der Waals surface area contributed by atoms with Crippen LogP contribution in [0.5, 0.6) is 0 Å². The number of aliphatic imine (C=N–C) groups is 1. The van der Waals surface area contributed by atoms with Crippen molar-refractivity contribution in [1.82, 2.24) is 20.1 Å². The SMILES string of the molecule is CN=C(NCCCn1ccc2ccccc21)NCCN1CCS(=O)(=O)CC1.I. The summed E-state index contributed by atoms with van der Waals surface area (Å²) in [6, 6.07) is 10.6. The van der Waals surface area contributed by atoms with E-state index in [9.17, 15) is 8.42 Å². The molecule has 0 amide bonds. The highest BCUT2D eigenvalue weighted by Gasteiger charge is 2.20. The summed E-state index contributed by atoms with van der Waals surface area (Å²) in [5.74, 6) is 1.33. The number of aromatic nitrogens is 1. The van der Waals surface area contributed by atoms with Gasteiger partial charge in [0, 0.05) is 58.0 Å². The Balaban J connectivity index is 0.00000280. The minimum absolute atomic E-state index is 0. The van der Waals surface area contributed by atoms with Gasteiger partial charge < -0.3 is 15.2 Å². The first kappa shape index (κ1) is 23.0. The molecule has 1 aliphatic heterocycles. The predicted molar refractivity (Wildman–Crippen MR) is 126 cm³/mol. The first-order valence-corrected chi connectivity index (χ1v) is 11.3. The number of benzene rings is 1. The molecule has 0 unspecified atom stereocenters. The van der Waals surface area contributed by atoms with Crippen molar-refractivity contribution in [3.63, 3.8) is 0 Å². The molecule has 0 saturated carbocycles. The van der Waals surface area contributed by atoms with Gasteiger partial charge in [-0.2, -0.15) is 0 Å². The zero-order chi connectivity index (χ0) is 19.1. The van der Waals surface area contributed by atoms with E-state index in [0.29, 0.717) is 13.1 Å². The molecule has 0 radical (unpaired) electrons. The number of guanidine groups is 1. The van der Waals surface area contributed by atoms with Gasteiger partial charge in [0.25, 0.3) is 0 Å². The minimum atomic E-state index is -2.81. The third-order valence-electron chi connectivity index (χ3n) is 4.93. The standard InChI is InChI=1S/C19H29N5O2S.HI/c1-20-19(22-9-12-23-13-15-27(25,26)16-14-23)21-8-4-10-24-11-7-17-5-2-3-6-18(17)24;/h2-3,5-7,11H,4,8-10,12-16H2,1H3,(H2,20,21,22);1H. The maximum atomic E-state index is 11.5. The first-order valence-electron chi connectivity index (χ1n) is 9.48. The van der Waals surface area contributed by atoms with Crippen LogP contribution in [-0.2, 0) is 16.4 Å². The van der Waals surface area contributed by atoms with Crippen LogP contribution >= 0.6 is 24.0 Å². The van der Waals surface area contributed by atoms with Gasteiger partial charge in [0.15, 0.2) is 15.8 Å². The predicted octanol–water partition coefficient (Wildman–Crippen LogP) is 1.54. The Morgan fingerprint density at radius 3 is 2.54 bits per heavy atom. The molecule has 2 heterocycles. The van der Waals surface area contributed by atoms with Crippen molar-refractivity contribution in [3.8, 4) is 0 Å². The maximum absolute atomic E-state index is 11.5. The summed E-state index contributed by atoms with van der Waals surface area (Å²) >= 11 is 0. The topological polar surface area (TPSA) is 78.7 Å². The van der Waals surface area contributed by atoms with Gasteiger partial charge in [0.1, 0.15) is 0 Å². The lowest BCUT2D eigenvalue weighted by Crippen LogP contribution is -2.46. The fourth-order valence-corrected chi connectivity index (χ4v) is 4.60. The van der Waals surface area contributed by atoms with Crippen molar-refractivity contribution >= 4 is 50.7 Å². The summed E-state index contributed by atoms with van der Waals surface area (Å²) in [6.45, 7) is 4.63. The fourth-order valence-electron chi connectivity index (χ4n) is 3.32. The van der Waals surface area contributed by atoms with Crippen LogP contribution in [-0.4, -0.2) is 75.1 Å². The Bertz CT molecular complexity index is 867. The van der Waals surface area contributed by atoms with Gasteiger partial charge in [-0.3, -0.25) is 9.89 Å². The summed E-state index contributed by atoms with van der Waals surface area (Å²) in [5, 5.41) is 7.92. The van der Waals surface area contributed by atoms with Crippen LogP contribution in [0.1, 0.15) is 6.42 Å². The summed E-state index contributed by atoms with van der Waals surface area (Å²) in [7, 11) is -1.04. The summed E-state index contributed by atoms with van der Waals surface area (Å²) in [5.41, 5.74) is 1.27. The number of aryl methyl sites for hydroxylation is 1. The third kappa shape index (κ3) is 6.63. The van der Waals surface area contributed by atoms with Gasteiger partial charge in [0.05, 0.1) is 11.5 Å². The second kappa shape index (κ2) is 11.0. The fraction of sp³-hybridized carbons (Fsp3) is 0.526. The second-order valence-corrected chi connectivity index (χ2v) is 9.14. The summed E-state index contributed by atoms with van der Waals surface area (Å²) in [4.78, 5) is 6.43. The Kier molecular flexibility index (Phi) is 9.03. The zero-order valence-corrected chi connectivity index (χ0v) is 19.4. The molecule has 2 N–H and O–H groups in total. The molecule has 1 aromatic carbocycles. The van der Waals surface area contributed by atoms with Crippen molar-refractivity contribution in [2.75, 3.05) is 51.3 Å². The van der Waals surface area contributed by atoms with Crippen molar-refractivity contribution in [1.29, 1.82) is 0 Å². The largest absolute Gasteiger partial charge is 0.356 e. The molecule has 9 heteroatoms.